The van der Waals surface area contributed by atoms with Crippen molar-refractivity contribution in [3.05, 3.63) is 29.8 Å². The van der Waals surface area contributed by atoms with Gasteiger partial charge in [0.2, 0.25) is 0 Å². The van der Waals surface area contributed by atoms with Gasteiger partial charge in [0.1, 0.15) is 12.4 Å². The van der Waals surface area contributed by atoms with Gasteiger partial charge in [0.25, 0.3) is 0 Å². The summed E-state index contributed by atoms with van der Waals surface area (Å²) in [5.74, 6) is 1.56. The molecule has 20 heavy (non-hydrogen) atoms. The van der Waals surface area contributed by atoms with E-state index >= 15 is 0 Å². The Hall–Kier alpha value is -1.02. The van der Waals surface area contributed by atoms with Crippen molar-refractivity contribution in [2.45, 2.75) is 64.4 Å². The third-order valence-electron chi connectivity index (χ3n) is 4.24. The van der Waals surface area contributed by atoms with Gasteiger partial charge in [-0.2, -0.15) is 0 Å². The second-order valence-corrected chi connectivity index (χ2v) is 7.13. The molecule has 1 N–H and O–H groups in total. The van der Waals surface area contributed by atoms with Gasteiger partial charge in [0.05, 0.1) is 6.10 Å². The number of hydrogen-bond acceptors (Lipinski definition) is 2. The molecule has 2 nitrogen and oxygen atoms in total. The lowest BCUT2D eigenvalue weighted by Crippen LogP contribution is -2.20. The zero-order valence-electron chi connectivity index (χ0n) is 13.1. The minimum atomic E-state index is -0.333. The first kappa shape index (κ1) is 15.4. The lowest BCUT2D eigenvalue weighted by molar-refractivity contribution is 0.0855. The fourth-order valence-electron chi connectivity index (χ4n) is 2.94. The molecule has 0 spiro atoms. The molecule has 0 amide bonds. The van der Waals surface area contributed by atoms with Crippen LogP contribution in [-0.4, -0.2) is 17.8 Å². The number of rotatable bonds is 5. The average molecular weight is 276 g/mol. The van der Waals surface area contributed by atoms with Gasteiger partial charge >= 0.3 is 0 Å². The predicted molar refractivity (Wildman–Crippen MR) is 83.2 cm³/mol. The molecule has 1 aliphatic carbocycles. The highest BCUT2D eigenvalue weighted by molar-refractivity contribution is 5.31. The zero-order chi connectivity index (χ0) is 14.6. The van der Waals surface area contributed by atoms with Crippen LogP contribution in [0.4, 0.5) is 0 Å². The molecule has 2 heteroatoms. The van der Waals surface area contributed by atoms with Crippen LogP contribution in [0.25, 0.3) is 0 Å². The van der Waals surface area contributed by atoms with Crippen molar-refractivity contribution < 1.29 is 9.84 Å². The van der Waals surface area contributed by atoms with Crippen molar-refractivity contribution in [1.29, 1.82) is 0 Å². The first-order chi connectivity index (χ1) is 9.45. The Labute approximate surface area is 123 Å². The van der Waals surface area contributed by atoms with Crippen molar-refractivity contribution in [3.63, 3.8) is 0 Å². The first-order valence-corrected chi connectivity index (χ1v) is 7.86. The SMILES string of the molecule is CC(C)(C)c1ccc(OCC(O)CC2CCCC2)cc1. The quantitative estimate of drug-likeness (QED) is 0.868. The summed E-state index contributed by atoms with van der Waals surface area (Å²) in [5.41, 5.74) is 1.47. The average Bonchev–Trinajstić information content (AvgIpc) is 2.88. The standard InChI is InChI=1S/C18H28O2/c1-18(2,3)15-8-10-17(11-9-15)20-13-16(19)12-14-6-4-5-7-14/h8-11,14,16,19H,4-7,12-13H2,1-3H3. The Bertz CT molecular complexity index is 396. The van der Waals surface area contributed by atoms with Crippen molar-refractivity contribution in [1.82, 2.24) is 0 Å². The molecule has 0 saturated heterocycles. The monoisotopic (exact) mass is 276 g/mol. The molecule has 1 saturated carbocycles. The van der Waals surface area contributed by atoms with E-state index in [-0.39, 0.29) is 11.5 Å². The Morgan fingerprint density at radius 2 is 1.75 bits per heavy atom. The van der Waals surface area contributed by atoms with Crippen LogP contribution in [0.3, 0.4) is 0 Å². The fourth-order valence-corrected chi connectivity index (χ4v) is 2.94. The summed E-state index contributed by atoms with van der Waals surface area (Å²) < 4.78 is 5.70. The zero-order valence-corrected chi connectivity index (χ0v) is 13.1. The van der Waals surface area contributed by atoms with Crippen LogP contribution in [0.2, 0.25) is 0 Å². The van der Waals surface area contributed by atoms with Crippen LogP contribution in [0, 0.1) is 5.92 Å². The molecule has 1 atom stereocenters. The van der Waals surface area contributed by atoms with Crippen molar-refractivity contribution in [2.75, 3.05) is 6.61 Å². The second-order valence-electron chi connectivity index (χ2n) is 7.13. The Morgan fingerprint density at radius 1 is 1.15 bits per heavy atom. The summed E-state index contributed by atoms with van der Waals surface area (Å²) in [5, 5.41) is 10.0. The Kier molecular flexibility index (Phi) is 5.09. The summed E-state index contributed by atoms with van der Waals surface area (Å²) in [6.07, 6.45) is 5.76. The lowest BCUT2D eigenvalue weighted by atomic mass is 9.87. The highest BCUT2D eigenvalue weighted by atomic mass is 16.5. The molecule has 1 aromatic carbocycles. The topological polar surface area (TPSA) is 29.5 Å². The van der Waals surface area contributed by atoms with Gasteiger partial charge in [-0.3, -0.25) is 0 Å². The molecule has 0 bridgehead atoms. The molecule has 2 rings (SSSR count). The maximum Gasteiger partial charge on any atom is 0.119 e. The van der Waals surface area contributed by atoms with Crippen LogP contribution in [0.5, 0.6) is 5.75 Å². The molecule has 1 fully saturated rings. The van der Waals surface area contributed by atoms with E-state index in [1.807, 2.05) is 12.1 Å². The lowest BCUT2D eigenvalue weighted by Gasteiger charge is -2.20. The minimum absolute atomic E-state index is 0.167. The first-order valence-electron chi connectivity index (χ1n) is 7.86. The van der Waals surface area contributed by atoms with Gasteiger partial charge < -0.3 is 9.84 Å². The summed E-state index contributed by atoms with van der Waals surface area (Å²) in [6, 6.07) is 8.23. The van der Waals surface area contributed by atoms with Crippen LogP contribution >= 0.6 is 0 Å². The third kappa shape index (κ3) is 4.52. The summed E-state index contributed by atoms with van der Waals surface area (Å²) >= 11 is 0. The molecule has 1 aromatic rings. The van der Waals surface area contributed by atoms with Crippen LogP contribution in [0.1, 0.15) is 58.4 Å². The van der Waals surface area contributed by atoms with Gasteiger partial charge in [0.15, 0.2) is 0 Å². The summed E-state index contributed by atoms with van der Waals surface area (Å²) in [6.45, 7) is 7.02. The smallest absolute Gasteiger partial charge is 0.119 e. The largest absolute Gasteiger partial charge is 0.491 e. The molecule has 0 aromatic heterocycles. The number of ether oxygens (including phenoxy) is 1. The molecular weight excluding hydrogens is 248 g/mol. The van der Waals surface area contributed by atoms with E-state index in [9.17, 15) is 5.11 Å². The molecular formula is C18H28O2. The number of benzene rings is 1. The van der Waals surface area contributed by atoms with Crippen molar-refractivity contribution in [2.24, 2.45) is 5.92 Å². The van der Waals surface area contributed by atoms with Crippen molar-refractivity contribution in [3.8, 4) is 5.75 Å². The maximum atomic E-state index is 10.0. The van der Waals surface area contributed by atoms with Crippen LogP contribution < -0.4 is 4.74 Å². The predicted octanol–water partition coefficient (Wildman–Crippen LogP) is 4.30. The maximum absolute atomic E-state index is 10.0. The van der Waals surface area contributed by atoms with Crippen molar-refractivity contribution >= 4 is 0 Å². The van der Waals surface area contributed by atoms with Crippen LogP contribution in [0.15, 0.2) is 24.3 Å². The summed E-state index contributed by atoms with van der Waals surface area (Å²) in [4.78, 5) is 0. The van der Waals surface area contributed by atoms with Gasteiger partial charge in [0, 0.05) is 0 Å². The van der Waals surface area contributed by atoms with E-state index in [0.29, 0.717) is 12.5 Å². The highest BCUT2D eigenvalue weighted by Gasteiger charge is 2.19. The Balaban J connectivity index is 1.78. The number of aliphatic hydroxyl groups excluding tert-OH is 1. The van der Waals surface area contributed by atoms with Gasteiger partial charge in [-0.1, -0.05) is 58.6 Å². The normalized spacial score (nSPS) is 18.2. The second kappa shape index (κ2) is 6.62. The molecule has 1 aliphatic rings. The number of aliphatic hydroxyl groups is 1. The molecule has 0 radical (unpaired) electrons. The minimum Gasteiger partial charge on any atom is -0.491 e. The van der Waals surface area contributed by atoms with E-state index in [1.165, 1.54) is 31.2 Å². The molecule has 1 unspecified atom stereocenters. The highest BCUT2D eigenvalue weighted by Crippen LogP contribution is 2.29. The van der Waals surface area contributed by atoms with Gasteiger partial charge in [-0.25, -0.2) is 0 Å². The van der Waals surface area contributed by atoms with E-state index in [0.717, 1.165) is 12.2 Å². The fraction of sp³-hybridized carbons (Fsp3) is 0.667. The van der Waals surface area contributed by atoms with E-state index in [4.69, 9.17) is 4.74 Å². The third-order valence-corrected chi connectivity index (χ3v) is 4.24. The molecule has 0 heterocycles. The molecule has 112 valence electrons. The van der Waals surface area contributed by atoms with Gasteiger partial charge in [-0.15, -0.1) is 0 Å². The van der Waals surface area contributed by atoms with Gasteiger partial charge in [-0.05, 0) is 35.4 Å². The number of hydrogen-bond donors (Lipinski definition) is 1. The molecule has 0 aliphatic heterocycles. The Morgan fingerprint density at radius 3 is 2.30 bits per heavy atom. The summed E-state index contributed by atoms with van der Waals surface area (Å²) in [7, 11) is 0. The van der Waals surface area contributed by atoms with E-state index in [1.54, 1.807) is 0 Å². The van der Waals surface area contributed by atoms with E-state index < -0.39 is 0 Å². The van der Waals surface area contributed by atoms with Crippen LogP contribution in [-0.2, 0) is 5.41 Å². The van der Waals surface area contributed by atoms with E-state index in [2.05, 4.69) is 32.9 Å².